The van der Waals surface area contributed by atoms with Crippen molar-refractivity contribution in [2.75, 3.05) is 5.73 Å². The minimum Gasteiger partial charge on any atom is -0.482 e. The lowest BCUT2D eigenvalue weighted by molar-refractivity contribution is 0.227. The van der Waals surface area contributed by atoms with Crippen LogP contribution in [0.4, 0.5) is 10.2 Å². The van der Waals surface area contributed by atoms with Crippen molar-refractivity contribution < 1.29 is 9.13 Å². The molecule has 4 aromatic rings. The maximum Gasteiger partial charge on any atom is 0.166 e. The van der Waals surface area contributed by atoms with E-state index in [0.29, 0.717) is 24.3 Å². The minimum atomic E-state index is -0.465. The molecule has 1 aromatic carbocycles. The normalized spacial score (nSPS) is 15.2. The molecule has 0 radical (unpaired) electrons. The predicted molar refractivity (Wildman–Crippen MR) is 117 cm³/mol. The monoisotopic (exact) mass is 436 g/mol. The molecule has 158 valence electrons. The summed E-state index contributed by atoms with van der Waals surface area (Å²) in [6.45, 7) is 6.52. The Morgan fingerprint density at radius 2 is 2.16 bits per heavy atom. The summed E-state index contributed by atoms with van der Waals surface area (Å²) in [5.74, 6) is 0.376. The van der Waals surface area contributed by atoms with Crippen molar-refractivity contribution in [2.45, 2.75) is 39.8 Å². The third-order valence-corrected chi connectivity index (χ3v) is 6.37. The number of ether oxygens (including phenoxy) is 1. The van der Waals surface area contributed by atoms with E-state index in [9.17, 15) is 4.39 Å². The summed E-state index contributed by atoms with van der Waals surface area (Å²) in [5, 5.41) is 9.72. The number of hydrogen-bond acceptors (Lipinski definition) is 7. The molecule has 0 saturated carbocycles. The van der Waals surface area contributed by atoms with Gasteiger partial charge in [0.2, 0.25) is 0 Å². The Bertz CT molecular complexity index is 1300. The smallest absolute Gasteiger partial charge is 0.166 e. The zero-order valence-electron chi connectivity index (χ0n) is 17.4. The lowest BCUT2D eigenvalue weighted by atomic mass is 9.98. The fourth-order valence-corrected chi connectivity index (χ4v) is 4.93. The number of nitrogens with two attached hydrogens (primary N) is 1. The van der Waals surface area contributed by atoms with Crippen LogP contribution in [0.25, 0.3) is 22.5 Å². The van der Waals surface area contributed by atoms with E-state index in [1.807, 2.05) is 31.5 Å². The molecule has 1 atom stereocenters. The fraction of sp³-hybridized carbons (Fsp3) is 0.273. The maximum atomic E-state index is 14.2. The molecule has 0 spiro atoms. The molecule has 0 fully saturated rings. The topological polar surface area (TPSA) is 91.7 Å². The van der Waals surface area contributed by atoms with Gasteiger partial charge in [0.15, 0.2) is 11.6 Å². The third kappa shape index (κ3) is 3.34. The van der Waals surface area contributed by atoms with Crippen LogP contribution in [0.15, 0.2) is 30.5 Å². The largest absolute Gasteiger partial charge is 0.482 e. The summed E-state index contributed by atoms with van der Waals surface area (Å²) < 4.78 is 22.3. The Hall–Kier alpha value is -3.33. The van der Waals surface area contributed by atoms with Gasteiger partial charge in [-0.3, -0.25) is 0 Å². The highest BCUT2D eigenvalue weighted by molar-refractivity contribution is 7.12. The number of anilines is 1. The molecule has 0 saturated heterocycles. The first-order valence-electron chi connectivity index (χ1n) is 10.1. The number of fused-ring (bicyclic) bond motifs is 7. The molecule has 0 aliphatic carbocycles. The third-order valence-electron chi connectivity index (χ3n) is 5.40. The van der Waals surface area contributed by atoms with Crippen molar-refractivity contribution in [1.29, 1.82) is 0 Å². The Morgan fingerprint density at radius 1 is 1.32 bits per heavy atom. The molecule has 9 heteroatoms. The van der Waals surface area contributed by atoms with E-state index >= 15 is 0 Å². The molecule has 2 N–H and O–H groups in total. The number of halogens is 1. The highest BCUT2D eigenvalue weighted by atomic mass is 32.1. The number of aromatic nitrogens is 5. The summed E-state index contributed by atoms with van der Waals surface area (Å²) in [7, 11) is 0. The summed E-state index contributed by atoms with van der Waals surface area (Å²) in [6.07, 6.45) is 1.80. The van der Waals surface area contributed by atoms with Crippen LogP contribution < -0.4 is 10.5 Å². The van der Waals surface area contributed by atoms with E-state index in [-0.39, 0.29) is 11.6 Å². The molecular formula is C22H21FN6OS. The van der Waals surface area contributed by atoms with Gasteiger partial charge in [0.1, 0.15) is 11.9 Å². The van der Waals surface area contributed by atoms with Gasteiger partial charge >= 0.3 is 0 Å². The molecule has 0 amide bonds. The van der Waals surface area contributed by atoms with Gasteiger partial charge < -0.3 is 10.5 Å². The van der Waals surface area contributed by atoms with Crippen molar-refractivity contribution in [3.8, 4) is 28.3 Å². The average molecular weight is 437 g/mol. The first kappa shape index (κ1) is 19.6. The first-order chi connectivity index (χ1) is 14.9. The van der Waals surface area contributed by atoms with Crippen LogP contribution in [0.2, 0.25) is 0 Å². The first-order valence-corrected chi connectivity index (χ1v) is 10.9. The highest BCUT2D eigenvalue weighted by Crippen LogP contribution is 2.39. The molecule has 1 aliphatic rings. The molecule has 5 rings (SSSR count). The van der Waals surface area contributed by atoms with Gasteiger partial charge in [-0.1, -0.05) is 5.21 Å². The van der Waals surface area contributed by atoms with E-state index in [2.05, 4.69) is 15.3 Å². The maximum absolute atomic E-state index is 14.2. The molecule has 1 aliphatic heterocycles. The molecular weight excluding hydrogens is 415 g/mol. The second-order valence-electron chi connectivity index (χ2n) is 7.48. The number of thiazole rings is 1. The van der Waals surface area contributed by atoms with Crippen LogP contribution >= 0.6 is 11.3 Å². The predicted octanol–water partition coefficient (Wildman–Crippen LogP) is 4.56. The van der Waals surface area contributed by atoms with Crippen LogP contribution in [0.3, 0.4) is 0 Å². The zero-order chi connectivity index (χ0) is 21.7. The van der Waals surface area contributed by atoms with Gasteiger partial charge in [-0.15, -0.1) is 16.4 Å². The molecule has 2 bridgehead atoms. The summed E-state index contributed by atoms with van der Waals surface area (Å²) in [6, 6.07) is 6.56. The van der Waals surface area contributed by atoms with Crippen molar-refractivity contribution in [3.63, 3.8) is 0 Å². The van der Waals surface area contributed by atoms with E-state index in [1.165, 1.54) is 12.1 Å². The summed E-state index contributed by atoms with van der Waals surface area (Å²) >= 11 is 1.61. The quantitative estimate of drug-likeness (QED) is 0.470. The second kappa shape index (κ2) is 7.42. The number of rotatable bonds is 1. The van der Waals surface area contributed by atoms with E-state index in [1.54, 1.807) is 23.6 Å². The number of nitrogen functional groups attached to an aromatic ring is 1. The van der Waals surface area contributed by atoms with Gasteiger partial charge in [-0.25, -0.2) is 19.0 Å². The lowest BCUT2D eigenvalue weighted by Gasteiger charge is -2.20. The van der Waals surface area contributed by atoms with Gasteiger partial charge in [0.25, 0.3) is 0 Å². The van der Waals surface area contributed by atoms with E-state index in [0.717, 1.165) is 38.1 Å². The van der Waals surface area contributed by atoms with Crippen molar-refractivity contribution in [3.05, 3.63) is 57.4 Å². The van der Waals surface area contributed by atoms with Gasteiger partial charge in [-0.2, -0.15) is 0 Å². The zero-order valence-corrected chi connectivity index (χ0v) is 18.2. The van der Waals surface area contributed by atoms with Crippen LogP contribution in [-0.4, -0.2) is 25.0 Å². The van der Waals surface area contributed by atoms with Crippen molar-refractivity contribution in [2.24, 2.45) is 0 Å². The summed E-state index contributed by atoms with van der Waals surface area (Å²) in [4.78, 5) is 10.2. The van der Waals surface area contributed by atoms with Gasteiger partial charge in [0.05, 0.1) is 22.1 Å². The molecule has 31 heavy (non-hydrogen) atoms. The van der Waals surface area contributed by atoms with Crippen LogP contribution in [0.1, 0.15) is 41.1 Å². The van der Waals surface area contributed by atoms with Crippen LogP contribution in [0.5, 0.6) is 5.75 Å². The number of pyridine rings is 1. The second-order valence-corrected chi connectivity index (χ2v) is 8.77. The highest BCUT2D eigenvalue weighted by Gasteiger charge is 2.25. The molecule has 7 nitrogen and oxygen atoms in total. The number of nitrogens with zero attached hydrogens (tertiary/aromatic N) is 5. The van der Waals surface area contributed by atoms with E-state index < -0.39 is 6.10 Å². The Morgan fingerprint density at radius 3 is 2.97 bits per heavy atom. The Balaban J connectivity index is 1.81. The van der Waals surface area contributed by atoms with Gasteiger partial charge in [-0.05, 0) is 45.0 Å². The molecule has 4 heterocycles. The van der Waals surface area contributed by atoms with Crippen LogP contribution in [-0.2, 0) is 13.0 Å². The average Bonchev–Trinajstić information content (AvgIpc) is 3.32. The minimum absolute atomic E-state index is 0.271. The van der Waals surface area contributed by atoms with Crippen LogP contribution in [0, 0.1) is 12.7 Å². The lowest BCUT2D eigenvalue weighted by Crippen LogP contribution is -2.10. The molecule has 0 unspecified atom stereocenters. The Kier molecular flexibility index (Phi) is 4.70. The fourth-order valence-electron chi connectivity index (χ4n) is 3.98. The van der Waals surface area contributed by atoms with E-state index in [4.69, 9.17) is 15.5 Å². The van der Waals surface area contributed by atoms with Crippen molar-refractivity contribution in [1.82, 2.24) is 25.0 Å². The van der Waals surface area contributed by atoms with Gasteiger partial charge in [0, 0.05) is 40.7 Å². The number of aryl methyl sites for hydroxylation is 2. The number of benzene rings is 1. The number of hydrogen-bond donors (Lipinski definition) is 1. The molecule has 3 aromatic heterocycles. The van der Waals surface area contributed by atoms with Crippen molar-refractivity contribution >= 4 is 17.2 Å². The SMILES string of the molecule is CCn1nnc2c1-c1cnc(N)c(c1)O[C@H](C)c1cc(F)ccc1-c1nc(C)sc1C2. The Labute approximate surface area is 182 Å². The standard InChI is InChI=1S/C22H21FN6OS/c1-4-29-21-13-7-18(22(24)25-10-13)30-11(2)16-8-14(23)5-6-15(16)20-19(31-12(3)26-20)9-17(21)27-28-29/h5-8,10-11H,4,9H2,1-3H3,(H2,24,25)/t11-/m1/s1. The summed E-state index contributed by atoms with van der Waals surface area (Å²) in [5.41, 5.74) is 11.0.